The predicted molar refractivity (Wildman–Crippen MR) is 149 cm³/mol. The van der Waals surface area contributed by atoms with Gasteiger partial charge in [-0.25, -0.2) is 0 Å². The van der Waals surface area contributed by atoms with Crippen LogP contribution < -0.4 is 9.47 Å². The molecule has 4 rings (SSSR count). The van der Waals surface area contributed by atoms with Crippen LogP contribution in [-0.2, 0) is 26.9 Å². The molecule has 0 radical (unpaired) electrons. The normalized spacial score (nSPS) is 15.2. The molecule has 1 aliphatic carbocycles. The van der Waals surface area contributed by atoms with Crippen LogP contribution in [0.25, 0.3) is 11.1 Å². The number of hydrogen-bond acceptors (Lipinski definition) is 6. The van der Waals surface area contributed by atoms with Crippen LogP contribution in [0.15, 0.2) is 54.6 Å². The van der Waals surface area contributed by atoms with E-state index in [1.54, 1.807) is 12.3 Å². The topological polar surface area (TPSA) is 78.9 Å². The predicted octanol–water partition coefficient (Wildman–Crippen LogP) is 5.93. The first kappa shape index (κ1) is 27.6. The number of benzene rings is 3. The molecule has 0 aromatic heterocycles. The second-order valence-electron chi connectivity index (χ2n) is 9.75. The number of aryl methyl sites for hydroxylation is 2. The minimum absolute atomic E-state index is 0.0278. The summed E-state index contributed by atoms with van der Waals surface area (Å²) in [6, 6.07) is 17.9. The molecular weight excluding hydrogens is 500 g/mol. The Balaban J connectivity index is 1.44. The van der Waals surface area contributed by atoms with Crippen molar-refractivity contribution in [1.82, 2.24) is 0 Å². The van der Waals surface area contributed by atoms with Crippen molar-refractivity contribution in [3.8, 4) is 22.6 Å². The van der Waals surface area contributed by atoms with Crippen LogP contribution in [0, 0.1) is 13.8 Å². The highest BCUT2D eigenvalue weighted by atomic mass is 32.2. The van der Waals surface area contributed by atoms with Crippen LogP contribution in [-0.4, -0.2) is 41.7 Å². The van der Waals surface area contributed by atoms with Gasteiger partial charge in [-0.2, -0.15) is 0 Å². The van der Waals surface area contributed by atoms with Gasteiger partial charge in [-0.3, -0.25) is 13.8 Å². The SMILES string of the molecule is COC(=O)CC1CC(=O)c2cc(OCc3cccc(-c4c(C)cc(OCCCS(C)=O)cc4C)c3)ccc21. The Morgan fingerprint density at radius 1 is 1.00 bits per heavy atom. The summed E-state index contributed by atoms with van der Waals surface area (Å²) in [5.74, 6) is 1.67. The van der Waals surface area contributed by atoms with E-state index in [0.29, 0.717) is 36.7 Å². The highest BCUT2D eigenvalue weighted by molar-refractivity contribution is 7.84. The number of fused-ring (bicyclic) bond motifs is 1. The number of carbonyl (C=O) groups is 2. The van der Waals surface area contributed by atoms with Crippen LogP contribution in [0.5, 0.6) is 11.5 Å². The van der Waals surface area contributed by atoms with Crippen molar-refractivity contribution in [2.75, 3.05) is 25.7 Å². The zero-order valence-electron chi connectivity index (χ0n) is 22.4. The minimum Gasteiger partial charge on any atom is -0.494 e. The number of rotatable bonds is 11. The second-order valence-corrected chi connectivity index (χ2v) is 11.3. The first-order valence-corrected chi connectivity index (χ1v) is 14.5. The number of carbonyl (C=O) groups excluding carboxylic acids is 2. The number of ether oxygens (including phenoxy) is 3. The van der Waals surface area contributed by atoms with E-state index in [2.05, 4.69) is 26.0 Å². The third-order valence-corrected chi connectivity index (χ3v) is 7.67. The lowest BCUT2D eigenvalue weighted by molar-refractivity contribution is -0.141. The number of esters is 1. The lowest BCUT2D eigenvalue weighted by atomic mass is 9.94. The van der Waals surface area contributed by atoms with Gasteiger partial charge in [0.25, 0.3) is 0 Å². The average molecular weight is 535 g/mol. The molecule has 3 aromatic rings. The van der Waals surface area contributed by atoms with Gasteiger partial charge in [-0.1, -0.05) is 24.3 Å². The van der Waals surface area contributed by atoms with Crippen molar-refractivity contribution < 1.29 is 28.0 Å². The summed E-state index contributed by atoms with van der Waals surface area (Å²) in [6.45, 7) is 5.07. The molecule has 0 spiro atoms. The fraction of sp³-hybridized carbons (Fsp3) is 0.355. The van der Waals surface area contributed by atoms with Crippen molar-refractivity contribution in [2.24, 2.45) is 0 Å². The van der Waals surface area contributed by atoms with Gasteiger partial charge in [-0.05, 0) is 84.0 Å². The Hall–Kier alpha value is -3.45. The number of methoxy groups -OCH3 is 1. The fourth-order valence-corrected chi connectivity index (χ4v) is 5.56. The van der Waals surface area contributed by atoms with E-state index in [9.17, 15) is 13.8 Å². The molecule has 7 heteroatoms. The smallest absolute Gasteiger partial charge is 0.306 e. The maximum atomic E-state index is 12.5. The summed E-state index contributed by atoms with van der Waals surface area (Å²) in [5, 5.41) is 0. The molecule has 2 unspecified atom stereocenters. The van der Waals surface area contributed by atoms with E-state index < -0.39 is 10.8 Å². The van der Waals surface area contributed by atoms with Gasteiger partial charge in [0.1, 0.15) is 18.1 Å². The third-order valence-electron chi connectivity index (χ3n) is 6.81. The largest absolute Gasteiger partial charge is 0.494 e. The molecule has 200 valence electrons. The molecule has 0 saturated carbocycles. The summed E-state index contributed by atoms with van der Waals surface area (Å²) in [5.41, 5.74) is 7.03. The second kappa shape index (κ2) is 12.4. The molecule has 0 N–H and O–H groups in total. The molecule has 0 aliphatic heterocycles. The Bertz CT molecular complexity index is 1340. The van der Waals surface area contributed by atoms with Crippen molar-refractivity contribution in [1.29, 1.82) is 0 Å². The molecule has 0 fully saturated rings. The zero-order valence-corrected chi connectivity index (χ0v) is 23.2. The van der Waals surface area contributed by atoms with Gasteiger partial charge in [0.15, 0.2) is 5.78 Å². The van der Waals surface area contributed by atoms with E-state index in [-0.39, 0.29) is 24.1 Å². The monoisotopic (exact) mass is 534 g/mol. The summed E-state index contributed by atoms with van der Waals surface area (Å²) in [7, 11) is 0.557. The molecule has 0 amide bonds. The van der Waals surface area contributed by atoms with E-state index >= 15 is 0 Å². The van der Waals surface area contributed by atoms with E-state index in [1.165, 1.54) is 7.11 Å². The van der Waals surface area contributed by atoms with Crippen LogP contribution in [0.1, 0.15) is 57.8 Å². The lowest BCUT2D eigenvalue weighted by Crippen LogP contribution is -2.06. The maximum absolute atomic E-state index is 12.5. The Kier molecular flexibility index (Phi) is 9.00. The van der Waals surface area contributed by atoms with Gasteiger partial charge in [0, 0.05) is 40.7 Å². The molecule has 0 saturated heterocycles. The Morgan fingerprint density at radius 3 is 2.47 bits per heavy atom. The van der Waals surface area contributed by atoms with Gasteiger partial charge in [-0.15, -0.1) is 0 Å². The van der Waals surface area contributed by atoms with Crippen molar-refractivity contribution in [3.63, 3.8) is 0 Å². The van der Waals surface area contributed by atoms with E-state index in [4.69, 9.17) is 14.2 Å². The van der Waals surface area contributed by atoms with Gasteiger partial charge in [0.05, 0.1) is 20.1 Å². The van der Waals surface area contributed by atoms with Crippen LogP contribution >= 0.6 is 0 Å². The van der Waals surface area contributed by atoms with Gasteiger partial charge >= 0.3 is 5.97 Å². The Morgan fingerprint density at radius 2 is 1.76 bits per heavy atom. The molecule has 6 nitrogen and oxygen atoms in total. The minimum atomic E-state index is -0.804. The fourth-order valence-electron chi connectivity index (χ4n) is 5.03. The van der Waals surface area contributed by atoms with Crippen LogP contribution in [0.2, 0.25) is 0 Å². The van der Waals surface area contributed by atoms with Crippen LogP contribution in [0.3, 0.4) is 0 Å². The van der Waals surface area contributed by atoms with Crippen molar-refractivity contribution in [2.45, 2.75) is 45.6 Å². The summed E-state index contributed by atoms with van der Waals surface area (Å²) in [4.78, 5) is 24.2. The standard InChI is InChI=1S/C31H34O6S/c1-20-13-26(36-11-6-12-38(4)34)14-21(2)31(20)23-8-5-7-22(15-23)19-37-25-9-10-27-24(17-30(33)35-3)16-29(32)28(27)18-25/h5,7-10,13-15,18,24H,6,11-12,16-17,19H2,1-4H3. The van der Waals surface area contributed by atoms with Crippen LogP contribution in [0.4, 0.5) is 0 Å². The Labute approximate surface area is 226 Å². The quantitative estimate of drug-likeness (QED) is 0.224. The highest BCUT2D eigenvalue weighted by Crippen LogP contribution is 2.38. The number of hydrogen-bond donors (Lipinski definition) is 0. The van der Waals surface area contributed by atoms with E-state index in [0.717, 1.165) is 45.6 Å². The third kappa shape index (κ3) is 6.70. The molecule has 2 atom stereocenters. The average Bonchev–Trinajstić information content (AvgIpc) is 3.19. The molecule has 38 heavy (non-hydrogen) atoms. The molecule has 3 aromatic carbocycles. The lowest BCUT2D eigenvalue weighted by Gasteiger charge is -2.15. The first-order chi connectivity index (χ1) is 18.2. The summed E-state index contributed by atoms with van der Waals surface area (Å²) in [6.07, 6.45) is 2.99. The van der Waals surface area contributed by atoms with Crippen molar-refractivity contribution in [3.05, 3.63) is 82.4 Å². The molecule has 0 heterocycles. The molecule has 0 bridgehead atoms. The van der Waals surface area contributed by atoms with Gasteiger partial charge < -0.3 is 14.2 Å². The number of ketones is 1. The summed E-state index contributed by atoms with van der Waals surface area (Å²) >= 11 is 0. The van der Waals surface area contributed by atoms with E-state index in [1.807, 2.05) is 36.4 Å². The maximum Gasteiger partial charge on any atom is 0.306 e. The molecular formula is C31H34O6S. The van der Waals surface area contributed by atoms with Gasteiger partial charge in [0.2, 0.25) is 0 Å². The zero-order chi connectivity index (χ0) is 27.2. The summed E-state index contributed by atoms with van der Waals surface area (Å²) < 4.78 is 28.0. The highest BCUT2D eigenvalue weighted by Gasteiger charge is 2.31. The van der Waals surface area contributed by atoms with Crippen molar-refractivity contribution >= 4 is 22.6 Å². The first-order valence-electron chi connectivity index (χ1n) is 12.7. The molecule has 1 aliphatic rings. The number of Topliss-reactive ketones (excluding diaryl/α,β-unsaturated/α-hetero) is 1.